The van der Waals surface area contributed by atoms with Crippen molar-refractivity contribution in [3.05, 3.63) is 27.4 Å². The van der Waals surface area contributed by atoms with E-state index in [9.17, 15) is 9.59 Å². The Bertz CT molecular complexity index is 437. The van der Waals surface area contributed by atoms with Crippen LogP contribution >= 0.6 is 0 Å². The minimum absolute atomic E-state index is 0.0399. The Balaban J connectivity index is 2.75. The maximum absolute atomic E-state index is 11.6. The number of aryl methyl sites for hydroxylation is 2. The highest BCUT2D eigenvalue weighted by Gasteiger charge is 2.08. The zero-order valence-electron chi connectivity index (χ0n) is 9.89. The highest BCUT2D eigenvalue weighted by Crippen LogP contribution is 2.02. The Morgan fingerprint density at radius 3 is 2.69 bits per heavy atom. The van der Waals surface area contributed by atoms with Crippen LogP contribution in [0.2, 0.25) is 0 Å². The summed E-state index contributed by atoms with van der Waals surface area (Å²) in [5.41, 5.74) is 1.15. The number of hydrogen-bond donors (Lipinski definition) is 2. The third kappa shape index (κ3) is 3.18. The minimum atomic E-state index is -0.144. The highest BCUT2D eigenvalue weighted by atomic mass is 16.1. The molecule has 16 heavy (non-hydrogen) atoms. The van der Waals surface area contributed by atoms with Gasteiger partial charge in [-0.15, -0.1) is 0 Å². The van der Waals surface area contributed by atoms with Gasteiger partial charge in [-0.25, -0.2) is 4.98 Å². The number of hydrogen-bond acceptors (Lipinski definition) is 3. The second-order valence-corrected chi connectivity index (χ2v) is 3.67. The Kier molecular flexibility index (Phi) is 4.22. The van der Waals surface area contributed by atoms with E-state index in [1.54, 1.807) is 13.8 Å². The average Bonchev–Trinajstić information content (AvgIpc) is 2.16. The van der Waals surface area contributed by atoms with Gasteiger partial charge in [-0.1, -0.05) is 0 Å². The van der Waals surface area contributed by atoms with Gasteiger partial charge in [0, 0.05) is 24.2 Å². The predicted octanol–water partition coefficient (Wildman–Crippen LogP) is 0.455. The standard InChI is InChI=1S/C11H17N3O2/c1-4-12-10(15)6-5-9-7(2)13-8(3)14-11(9)16/h4-6H2,1-3H3,(H,12,15)(H,13,14,16). The van der Waals surface area contributed by atoms with Gasteiger partial charge in [-0.3, -0.25) is 9.59 Å². The van der Waals surface area contributed by atoms with E-state index in [2.05, 4.69) is 15.3 Å². The molecule has 5 heteroatoms. The van der Waals surface area contributed by atoms with E-state index in [-0.39, 0.29) is 11.5 Å². The van der Waals surface area contributed by atoms with E-state index in [0.717, 1.165) is 0 Å². The Hall–Kier alpha value is -1.65. The number of aromatic amines is 1. The van der Waals surface area contributed by atoms with E-state index >= 15 is 0 Å². The first-order valence-electron chi connectivity index (χ1n) is 5.37. The molecule has 0 bridgehead atoms. The van der Waals surface area contributed by atoms with Gasteiger partial charge in [0.05, 0.1) is 0 Å². The molecule has 0 unspecified atom stereocenters. The Labute approximate surface area is 94.3 Å². The summed E-state index contributed by atoms with van der Waals surface area (Å²) >= 11 is 0. The van der Waals surface area contributed by atoms with E-state index in [1.807, 2.05) is 6.92 Å². The lowest BCUT2D eigenvalue weighted by Crippen LogP contribution is -2.25. The van der Waals surface area contributed by atoms with Crippen LogP contribution in [0.5, 0.6) is 0 Å². The maximum atomic E-state index is 11.6. The van der Waals surface area contributed by atoms with E-state index < -0.39 is 0 Å². The van der Waals surface area contributed by atoms with Crippen molar-refractivity contribution in [2.45, 2.75) is 33.6 Å². The van der Waals surface area contributed by atoms with Crippen LogP contribution in [0.15, 0.2) is 4.79 Å². The number of nitrogens with one attached hydrogen (secondary N) is 2. The van der Waals surface area contributed by atoms with Gasteiger partial charge >= 0.3 is 0 Å². The summed E-state index contributed by atoms with van der Waals surface area (Å²) in [6.45, 7) is 6.00. The molecule has 0 radical (unpaired) electrons. The van der Waals surface area contributed by atoms with E-state index in [0.29, 0.717) is 36.5 Å². The molecule has 0 aromatic carbocycles. The van der Waals surface area contributed by atoms with Crippen molar-refractivity contribution in [2.75, 3.05) is 6.54 Å². The molecule has 1 aromatic rings. The van der Waals surface area contributed by atoms with Gasteiger partial charge in [0.1, 0.15) is 5.82 Å². The molecule has 0 fully saturated rings. The zero-order chi connectivity index (χ0) is 12.1. The fourth-order valence-corrected chi connectivity index (χ4v) is 1.57. The van der Waals surface area contributed by atoms with Crippen LogP contribution in [0.4, 0.5) is 0 Å². The molecular weight excluding hydrogens is 206 g/mol. The summed E-state index contributed by atoms with van der Waals surface area (Å²) in [5.74, 6) is 0.561. The van der Waals surface area contributed by atoms with Gasteiger partial charge in [0.15, 0.2) is 0 Å². The molecule has 0 saturated carbocycles. The largest absolute Gasteiger partial charge is 0.356 e. The van der Waals surface area contributed by atoms with Crippen LogP contribution in [-0.2, 0) is 11.2 Å². The quantitative estimate of drug-likeness (QED) is 0.778. The second-order valence-electron chi connectivity index (χ2n) is 3.67. The fourth-order valence-electron chi connectivity index (χ4n) is 1.57. The monoisotopic (exact) mass is 223 g/mol. The van der Waals surface area contributed by atoms with Gasteiger partial charge < -0.3 is 10.3 Å². The number of nitrogens with zero attached hydrogens (tertiary/aromatic N) is 1. The second kappa shape index (κ2) is 5.44. The van der Waals surface area contributed by atoms with Gasteiger partial charge in [0.25, 0.3) is 5.56 Å². The molecule has 0 aliphatic heterocycles. The van der Waals surface area contributed by atoms with Gasteiger partial charge in [0.2, 0.25) is 5.91 Å². The number of H-pyrrole nitrogens is 1. The lowest BCUT2D eigenvalue weighted by molar-refractivity contribution is -0.120. The van der Waals surface area contributed by atoms with Crippen molar-refractivity contribution in [3.8, 4) is 0 Å². The van der Waals surface area contributed by atoms with E-state index in [1.165, 1.54) is 0 Å². The normalized spacial score (nSPS) is 10.2. The van der Waals surface area contributed by atoms with Crippen LogP contribution < -0.4 is 10.9 Å². The molecule has 1 aromatic heterocycles. The lowest BCUT2D eigenvalue weighted by Gasteiger charge is -2.05. The molecular formula is C11H17N3O2. The SMILES string of the molecule is CCNC(=O)CCc1c(C)nc(C)[nH]c1=O. The smallest absolute Gasteiger partial charge is 0.254 e. The van der Waals surface area contributed by atoms with Crippen LogP contribution in [0.25, 0.3) is 0 Å². The molecule has 0 atom stereocenters. The topological polar surface area (TPSA) is 74.8 Å². The number of carbonyl (C=O) groups is 1. The van der Waals surface area contributed by atoms with Crippen molar-refractivity contribution in [2.24, 2.45) is 0 Å². The molecule has 0 aliphatic rings. The molecule has 0 saturated heterocycles. The third-order valence-corrected chi connectivity index (χ3v) is 2.32. The van der Waals surface area contributed by atoms with Crippen molar-refractivity contribution in [1.29, 1.82) is 0 Å². The van der Waals surface area contributed by atoms with E-state index in [4.69, 9.17) is 0 Å². The summed E-state index contributed by atoms with van der Waals surface area (Å²) in [6.07, 6.45) is 0.753. The summed E-state index contributed by atoms with van der Waals surface area (Å²) in [6, 6.07) is 0. The van der Waals surface area contributed by atoms with Crippen molar-refractivity contribution < 1.29 is 4.79 Å². The molecule has 0 spiro atoms. The first-order valence-corrected chi connectivity index (χ1v) is 5.37. The van der Waals surface area contributed by atoms with Crippen LogP contribution in [0.1, 0.15) is 30.4 Å². The summed E-state index contributed by atoms with van der Waals surface area (Å²) in [7, 11) is 0. The molecule has 88 valence electrons. The molecule has 1 amide bonds. The predicted molar refractivity (Wildman–Crippen MR) is 61.3 cm³/mol. The summed E-state index contributed by atoms with van der Waals surface area (Å²) in [4.78, 5) is 29.7. The number of carbonyl (C=O) groups excluding carboxylic acids is 1. The molecule has 0 aliphatic carbocycles. The Morgan fingerprint density at radius 1 is 1.44 bits per heavy atom. The number of amides is 1. The number of rotatable bonds is 4. The van der Waals surface area contributed by atoms with Crippen molar-refractivity contribution in [3.63, 3.8) is 0 Å². The molecule has 5 nitrogen and oxygen atoms in total. The first kappa shape index (κ1) is 12.4. The fraction of sp³-hybridized carbons (Fsp3) is 0.545. The summed E-state index contributed by atoms with van der Waals surface area (Å²) in [5, 5.41) is 2.69. The lowest BCUT2D eigenvalue weighted by atomic mass is 10.1. The van der Waals surface area contributed by atoms with Crippen molar-refractivity contribution in [1.82, 2.24) is 15.3 Å². The summed E-state index contributed by atoms with van der Waals surface area (Å²) < 4.78 is 0. The van der Waals surface area contributed by atoms with Gasteiger partial charge in [-0.2, -0.15) is 0 Å². The van der Waals surface area contributed by atoms with Gasteiger partial charge in [-0.05, 0) is 27.2 Å². The van der Waals surface area contributed by atoms with Crippen molar-refractivity contribution >= 4 is 5.91 Å². The highest BCUT2D eigenvalue weighted by molar-refractivity contribution is 5.76. The zero-order valence-corrected chi connectivity index (χ0v) is 9.89. The van der Waals surface area contributed by atoms with Crippen LogP contribution in [-0.4, -0.2) is 22.4 Å². The Morgan fingerprint density at radius 2 is 2.12 bits per heavy atom. The maximum Gasteiger partial charge on any atom is 0.254 e. The molecule has 1 rings (SSSR count). The van der Waals surface area contributed by atoms with Crippen LogP contribution in [0, 0.1) is 13.8 Å². The van der Waals surface area contributed by atoms with Crippen LogP contribution in [0.3, 0.4) is 0 Å². The minimum Gasteiger partial charge on any atom is -0.356 e. The third-order valence-electron chi connectivity index (χ3n) is 2.32. The first-order chi connectivity index (χ1) is 7.54. The molecule has 2 N–H and O–H groups in total. The average molecular weight is 223 g/mol. The number of aromatic nitrogens is 2. The molecule has 1 heterocycles.